The van der Waals surface area contributed by atoms with Crippen molar-refractivity contribution in [2.24, 2.45) is 0 Å². The number of hydrogen-bond acceptors (Lipinski definition) is 31. The summed E-state index contributed by atoms with van der Waals surface area (Å²) in [6, 6.07) is 13.3. The maximum absolute atomic E-state index is 12.1. The number of cyclic esters (lactones) is 2. The van der Waals surface area contributed by atoms with Gasteiger partial charge in [0.25, 0.3) is 38.9 Å². The summed E-state index contributed by atoms with van der Waals surface area (Å²) in [6.07, 6.45) is 23.7. The molecular formula is C94H83Cl11N24O19. The van der Waals surface area contributed by atoms with E-state index < -0.39 is 58.1 Å². The van der Waals surface area contributed by atoms with Crippen LogP contribution < -0.4 is 86.0 Å². The number of carbonyl (C=O) groups is 4. The van der Waals surface area contributed by atoms with Crippen molar-refractivity contribution < 1.29 is 47.6 Å². The molecule has 770 valence electrons. The summed E-state index contributed by atoms with van der Waals surface area (Å²) >= 11 is 67.6. The van der Waals surface area contributed by atoms with E-state index >= 15 is 0 Å². The van der Waals surface area contributed by atoms with Crippen molar-refractivity contribution in [2.45, 2.75) is 193 Å². The molecule has 148 heavy (non-hydrogen) atoms. The minimum Gasteiger partial charge on any atom is -0.450 e. The lowest BCUT2D eigenvalue weighted by atomic mass is 9.93. The van der Waals surface area contributed by atoms with E-state index in [4.69, 9.17) is 176 Å². The lowest BCUT2D eigenvalue weighted by molar-refractivity contribution is -0.151. The Hall–Kier alpha value is -14.1. The summed E-state index contributed by atoms with van der Waals surface area (Å²) in [7, 11) is 0. The van der Waals surface area contributed by atoms with E-state index in [0.29, 0.717) is 140 Å². The second-order valence-corrected chi connectivity index (χ2v) is 37.5. The number of anilines is 2. The molecule has 12 aromatic rings. The molecule has 43 nitrogen and oxygen atoms in total. The smallest absolute Gasteiger partial charge is 0.413 e. The van der Waals surface area contributed by atoms with Crippen LogP contribution in [0.3, 0.4) is 0 Å². The quantitative estimate of drug-likeness (QED) is 0.0235. The van der Waals surface area contributed by atoms with Crippen LogP contribution in [0.1, 0.15) is 183 Å². The van der Waals surface area contributed by atoms with Crippen molar-refractivity contribution in [3.63, 3.8) is 0 Å². The van der Waals surface area contributed by atoms with Crippen LogP contribution in [0.2, 0.25) is 55.6 Å². The molecule has 0 radical (unpaired) electrons. The number of nitrogens with one attached hydrogen (secondary N) is 8. The van der Waals surface area contributed by atoms with Crippen LogP contribution in [-0.4, -0.2) is 121 Å². The molecule has 0 unspecified atom stereocenters. The number of nitrogens with zero attached hydrogens (tertiary/aromatic N) is 14. The first-order valence-electron chi connectivity index (χ1n) is 45.6. The number of nitrogens with two attached hydrogens (primary N) is 2. The van der Waals surface area contributed by atoms with Crippen molar-refractivity contribution in [1.82, 2.24) is 96.0 Å². The number of imide groups is 1. The highest BCUT2D eigenvalue weighted by Gasteiger charge is 2.35. The molecule has 2 amide bonds. The van der Waals surface area contributed by atoms with Gasteiger partial charge in [-0.3, -0.25) is 63.8 Å². The third-order valence-corrected chi connectivity index (χ3v) is 26.7. The zero-order valence-corrected chi connectivity index (χ0v) is 86.0. The summed E-state index contributed by atoms with van der Waals surface area (Å²) in [6.45, 7) is 15.8. The fraction of sp³-hybridized carbons (Fsp3) is 0.330. The molecule has 7 aliphatic carbocycles. The molecule has 0 fully saturated rings. The average Bonchev–Trinajstić information content (AvgIpc) is 0.975. The van der Waals surface area contributed by atoms with Crippen molar-refractivity contribution >= 4 is 175 Å². The molecule has 12 N–H and O–H groups in total. The summed E-state index contributed by atoms with van der Waals surface area (Å²) < 4.78 is 33.6. The zero-order valence-electron chi connectivity index (χ0n) is 77.7. The van der Waals surface area contributed by atoms with Crippen LogP contribution in [-0.2, 0) is 101 Å². The van der Waals surface area contributed by atoms with Crippen LogP contribution in [0, 0.1) is 24.5 Å². The number of aromatic amines is 7. The van der Waals surface area contributed by atoms with Gasteiger partial charge in [-0.15, -0.1) is 45.1 Å². The lowest BCUT2D eigenvalue weighted by Crippen LogP contribution is -2.30. The van der Waals surface area contributed by atoms with Gasteiger partial charge in [0.1, 0.15) is 6.42 Å². The summed E-state index contributed by atoms with van der Waals surface area (Å²) in [5.41, 5.74) is 19.1. The normalized spacial score (nSPS) is 14.0. The average molecular weight is 2240 g/mol. The molecule has 8 aromatic heterocycles. The fourth-order valence-electron chi connectivity index (χ4n) is 16.6. The van der Waals surface area contributed by atoms with E-state index in [0.717, 1.165) is 184 Å². The highest BCUT2D eigenvalue weighted by molar-refractivity contribution is 6.40. The number of H-pyrrole nitrogens is 7. The molecule has 0 spiro atoms. The van der Waals surface area contributed by atoms with Crippen LogP contribution in [0.5, 0.6) is 46.5 Å². The first kappa shape index (κ1) is 111. The Morgan fingerprint density at radius 3 is 0.973 bits per heavy atom. The number of aromatic nitrogens is 18. The Balaban J connectivity index is 0.000000146. The van der Waals surface area contributed by atoms with Crippen LogP contribution in [0.4, 0.5) is 27.8 Å². The molecule has 54 heteroatoms. The minimum absolute atomic E-state index is 0.0410. The van der Waals surface area contributed by atoms with Crippen molar-refractivity contribution in [3.05, 3.63) is 298 Å². The van der Waals surface area contributed by atoms with Gasteiger partial charge >= 0.3 is 41.0 Å². The number of carbonyl (C=O) groups excluding carboxylic acids is 4. The first-order chi connectivity index (χ1) is 71.0. The Labute approximate surface area is 890 Å². The molecule has 0 saturated carbocycles. The SMILES string of the molecule is CCOC(=O)NC(=O)CC#N.Clc1nnc(Cl)c2c1CCCC2.Nc1cc(Cl)c(Oc2n[nH]c(=O)c3c2CCCC3)c(Cl)c1.Nc1cc(Cl)c(Oc2nnc(Cl)c3c2CCCC3)c(Cl)c1.O=C1OC(=O)C2=C1CCCC2.O=c1[nH][nH]c(=O)c2c1CCCC2.[C-]#[N+]c1nn(-c2cc(Cl)c(Oc3n[nH]c(=O)c4c3CCCC4)c(Cl)c2)c(=O)[nH]c1=O.[C-]#[N+]c1nn(-c2cc(Cl)c(Oc3n[nH]c(=O)c4c3CCCC4)c(Cl)c2)c(=O)[nH]c1=O. The van der Waals surface area contributed by atoms with Gasteiger partial charge in [0.05, 0.1) is 64.2 Å². The number of nitriles is 1. The van der Waals surface area contributed by atoms with Crippen molar-refractivity contribution in [2.75, 3.05) is 18.1 Å². The number of amides is 2. The molecule has 4 aromatic carbocycles. The highest BCUT2D eigenvalue weighted by Crippen LogP contribution is 2.46. The largest absolute Gasteiger partial charge is 0.450 e. The highest BCUT2D eigenvalue weighted by atomic mass is 35.5. The van der Waals surface area contributed by atoms with Gasteiger partial charge in [-0.1, -0.05) is 141 Å². The van der Waals surface area contributed by atoms with Crippen molar-refractivity contribution in [3.8, 4) is 64.0 Å². The second-order valence-electron chi connectivity index (χ2n) is 33.2. The number of alkyl carbamates (subject to hydrolysis) is 1. The lowest BCUT2D eigenvalue weighted by Gasteiger charge is -2.19. The fourth-order valence-corrected chi connectivity index (χ4v) is 19.6. The van der Waals surface area contributed by atoms with Gasteiger partial charge in [-0.25, -0.2) is 39.3 Å². The van der Waals surface area contributed by atoms with Gasteiger partial charge < -0.3 is 49.6 Å². The van der Waals surface area contributed by atoms with Crippen molar-refractivity contribution in [1.29, 1.82) is 5.26 Å². The van der Waals surface area contributed by atoms with Gasteiger partial charge in [-0.05, 0) is 262 Å². The van der Waals surface area contributed by atoms with E-state index in [9.17, 15) is 62.3 Å². The third kappa shape index (κ3) is 27.4. The number of hydrogen-bond donors (Lipinski definition) is 10. The Morgan fingerprint density at radius 1 is 0.392 bits per heavy atom. The van der Waals surface area contributed by atoms with Gasteiger partial charge in [0, 0.05) is 72.6 Å². The molecule has 0 saturated heterocycles. The van der Waals surface area contributed by atoms with Crippen LogP contribution >= 0.6 is 128 Å². The zero-order chi connectivity index (χ0) is 106. The molecule has 0 atom stereocenters. The standard InChI is InChI=1S/2C18H12Cl2N6O4.C14H12Cl3N3O.C14H13Cl2N3O2.C8H8Cl2N2.C8H10N2O2.C8H8O3.C6H8N2O3/c2*1-21-14-16(28)22-18(29)26(25-14)8-6-11(19)13(12(20)7-8)30-17-10-5-3-2-4-9(10)15(27)23-24-17;15-10-5-7(18)6-11(16)12(10)21-14-9-4-2-1-3-8(9)13(17)19-20-14;15-10-5-7(17)6-11(16)12(10)21-14-9-4-2-1-3-8(9)13(20)18-19-14;9-7-5-3-1-2-4-6(5)8(10)12-11-7;11-7-5-3-1-2-4-6(5)8(12)10-9-7;9-7-5-3-1-2-4-6(5)8(10)11-7;1-2-11-6(10)8-5(9)3-4-7/h2*6-7H,2-5H2,(H,23,27)(H,22,28,29);5-6H,1-4,18H2;5-6H,1-4,17H2,(H,18,20);1-4H2;1-4H2,(H,9,11)(H,10,12);1-4H2;2-3H2,1H3,(H,8,9,10). The molecule has 8 aliphatic rings. The number of ether oxygens (including phenoxy) is 6. The second kappa shape index (κ2) is 51.5. The van der Waals surface area contributed by atoms with Gasteiger partial charge in [-0.2, -0.15) is 5.26 Å². The maximum Gasteiger partial charge on any atom is 0.413 e. The van der Waals surface area contributed by atoms with Gasteiger partial charge in [0.15, 0.2) is 38.5 Å². The van der Waals surface area contributed by atoms with Crippen LogP contribution in [0.15, 0.2) is 103 Å². The minimum atomic E-state index is -0.891. The summed E-state index contributed by atoms with van der Waals surface area (Å²) in [5.74, 6) is -0.546. The molecule has 1 aliphatic heterocycles. The Morgan fingerprint density at radius 2 is 0.662 bits per heavy atom. The number of nitrogen functional groups attached to an aromatic ring is 2. The Bertz CT molecular complexity index is 7580. The predicted molar refractivity (Wildman–Crippen MR) is 549 cm³/mol. The topological polar surface area (TPSA) is 610 Å². The summed E-state index contributed by atoms with van der Waals surface area (Å²) in [4.78, 5) is 158. The van der Waals surface area contributed by atoms with E-state index in [1.165, 1.54) is 37.1 Å². The first-order valence-corrected chi connectivity index (χ1v) is 49.7. The number of esters is 2. The number of fused-ring (bicyclic) bond motifs is 6. The number of benzene rings is 4. The molecule has 0 bridgehead atoms. The molecule has 9 heterocycles. The predicted octanol–water partition coefficient (Wildman–Crippen LogP) is 16.8. The third-order valence-electron chi connectivity index (χ3n) is 23.5. The number of halogens is 11. The van der Waals surface area contributed by atoms with Gasteiger partial charge in [0.2, 0.25) is 29.4 Å². The van der Waals surface area contributed by atoms with E-state index in [2.05, 4.69) is 90.5 Å². The Kier molecular flexibility index (Phi) is 38.6. The van der Waals surface area contributed by atoms with E-state index in [1.807, 2.05) is 15.3 Å². The van der Waals surface area contributed by atoms with Crippen LogP contribution in [0.25, 0.3) is 21.1 Å². The van der Waals surface area contributed by atoms with E-state index in [1.54, 1.807) is 37.3 Å². The molecule has 20 rings (SSSR count). The summed E-state index contributed by atoms with van der Waals surface area (Å²) in [5, 5.41) is 59.7. The number of rotatable bonds is 12. The maximum atomic E-state index is 12.1. The monoisotopic (exact) mass is 2240 g/mol. The van der Waals surface area contributed by atoms with E-state index in [-0.39, 0.29) is 95.5 Å². The molecular weight excluding hydrogens is 2160 g/mol.